The Morgan fingerprint density at radius 1 is 0.922 bits per heavy atom. The predicted octanol–water partition coefficient (Wildman–Crippen LogP) is 3.32. The van der Waals surface area contributed by atoms with Crippen LogP contribution in [0.5, 0.6) is 0 Å². The van der Waals surface area contributed by atoms with E-state index in [-0.39, 0.29) is 29.7 Å². The van der Waals surface area contributed by atoms with Crippen LogP contribution >= 0.6 is 11.3 Å². The lowest BCUT2D eigenvalue weighted by atomic mass is 9.90. The number of pyridine rings is 1. The Morgan fingerprint density at radius 2 is 1.73 bits per heavy atom. The summed E-state index contributed by atoms with van der Waals surface area (Å²) in [5, 5.41) is 20.0. The maximum absolute atomic E-state index is 12.8. The summed E-state index contributed by atoms with van der Waals surface area (Å²) in [4.78, 5) is 49.6. The molecule has 9 rings (SSSR count). The van der Waals surface area contributed by atoms with Gasteiger partial charge in [-0.2, -0.15) is 0 Å². The average molecular weight is 705 g/mol. The van der Waals surface area contributed by atoms with Gasteiger partial charge in [-0.1, -0.05) is 17.3 Å². The van der Waals surface area contributed by atoms with Crippen molar-refractivity contribution in [3.05, 3.63) is 70.9 Å². The number of piperidine rings is 1. The first-order valence-electron chi connectivity index (χ1n) is 17.8. The van der Waals surface area contributed by atoms with Gasteiger partial charge in [-0.25, -0.2) is 9.67 Å². The predicted molar refractivity (Wildman–Crippen MR) is 197 cm³/mol. The smallest absolute Gasteiger partial charge is 0.263 e. The molecule has 2 atom stereocenters. The first-order valence-corrected chi connectivity index (χ1v) is 18.6. The molecule has 0 bridgehead atoms. The number of imide groups is 1. The van der Waals surface area contributed by atoms with Gasteiger partial charge in [0.05, 0.1) is 29.0 Å². The van der Waals surface area contributed by atoms with Crippen LogP contribution in [0.1, 0.15) is 52.5 Å². The summed E-state index contributed by atoms with van der Waals surface area (Å²) in [6.07, 6.45) is 2.98. The molecule has 5 aromatic rings. The third kappa shape index (κ3) is 6.10. The molecule has 51 heavy (non-hydrogen) atoms. The van der Waals surface area contributed by atoms with Crippen LogP contribution in [0.15, 0.2) is 54.7 Å². The highest BCUT2D eigenvalue weighted by molar-refractivity contribution is 7.21. The largest absolute Gasteiger partial charge is 0.381 e. The molecule has 1 unspecified atom stereocenters. The van der Waals surface area contributed by atoms with Crippen LogP contribution < -0.4 is 20.9 Å². The van der Waals surface area contributed by atoms with Crippen LogP contribution in [0.3, 0.4) is 0 Å². The number of amides is 3. The zero-order chi connectivity index (χ0) is 34.6. The van der Waals surface area contributed by atoms with Crippen LogP contribution in [0, 0.1) is 0 Å². The van der Waals surface area contributed by atoms with E-state index in [1.54, 1.807) is 4.68 Å². The Hall–Kier alpha value is -4.92. The first kappa shape index (κ1) is 32.0. The number of likely N-dealkylation sites (tertiary alicyclic amines) is 1. The highest BCUT2D eigenvalue weighted by atomic mass is 32.1. The van der Waals surface area contributed by atoms with Gasteiger partial charge in [0, 0.05) is 98.4 Å². The molecule has 4 aliphatic rings. The highest BCUT2D eigenvalue weighted by Gasteiger charge is 2.32. The van der Waals surface area contributed by atoms with E-state index >= 15 is 0 Å². The summed E-state index contributed by atoms with van der Waals surface area (Å²) in [6.45, 7) is 10.7. The minimum absolute atomic E-state index is 0.0291. The molecule has 0 radical (unpaired) electrons. The number of hydrogen-bond donors (Lipinski definition) is 3. The van der Waals surface area contributed by atoms with Crippen molar-refractivity contribution in [2.24, 2.45) is 0 Å². The van der Waals surface area contributed by atoms with Gasteiger partial charge in [0.25, 0.3) is 5.91 Å². The maximum Gasteiger partial charge on any atom is 0.263 e. The monoisotopic (exact) mass is 704 g/mol. The number of benzene rings is 2. The molecule has 3 amide bonds. The summed E-state index contributed by atoms with van der Waals surface area (Å²) < 4.78 is 2.83. The van der Waals surface area contributed by atoms with Crippen molar-refractivity contribution in [2.75, 3.05) is 69.1 Å². The quantitative estimate of drug-likeness (QED) is 0.216. The molecular weight excluding hydrogens is 665 g/mol. The number of aromatic nitrogens is 4. The van der Waals surface area contributed by atoms with Crippen LogP contribution in [0.2, 0.25) is 0 Å². The van der Waals surface area contributed by atoms with Gasteiger partial charge in [0.2, 0.25) is 11.8 Å². The van der Waals surface area contributed by atoms with Gasteiger partial charge in [0.15, 0.2) is 5.82 Å². The van der Waals surface area contributed by atoms with Gasteiger partial charge < -0.3 is 20.4 Å². The molecule has 2 aromatic carbocycles. The number of piperazine rings is 1. The molecule has 0 aliphatic carbocycles. The lowest BCUT2D eigenvalue weighted by molar-refractivity contribution is -0.134. The fourth-order valence-corrected chi connectivity index (χ4v) is 8.90. The van der Waals surface area contributed by atoms with Crippen molar-refractivity contribution in [2.45, 2.75) is 37.6 Å². The van der Waals surface area contributed by atoms with E-state index in [0.717, 1.165) is 101 Å². The molecule has 7 heterocycles. The average Bonchev–Trinajstić information content (AvgIpc) is 3.73. The van der Waals surface area contributed by atoms with Crippen LogP contribution in [-0.4, -0.2) is 112 Å². The Morgan fingerprint density at radius 3 is 2.53 bits per heavy atom. The fraction of sp³-hybridized carbons (Fsp3) is 0.405. The zero-order valence-electron chi connectivity index (χ0n) is 28.5. The number of rotatable bonds is 7. The van der Waals surface area contributed by atoms with Gasteiger partial charge in [-0.05, 0) is 55.3 Å². The van der Waals surface area contributed by atoms with Crippen molar-refractivity contribution in [1.29, 1.82) is 0 Å². The topological polar surface area (TPSA) is 141 Å². The Bertz CT molecular complexity index is 2150. The van der Waals surface area contributed by atoms with E-state index in [1.807, 2.05) is 43.5 Å². The number of hydrogen-bond acceptors (Lipinski definition) is 11. The number of nitrogens with zero attached hydrogens (tertiary/aromatic N) is 7. The Balaban J connectivity index is 0.768. The number of carbonyl (C=O) groups excluding carboxylic acids is 3. The van der Waals surface area contributed by atoms with E-state index in [4.69, 9.17) is 4.98 Å². The SMILES string of the molecule is C[C@@H]1CNc2c(sc3ccc4nc(-n5cc(C6CN(CCN7CCN(c8ccc(C9CCC(=O)NC9=O)cc8)CC7)C6)nn5)ccc4c23)C(=O)N1. The lowest BCUT2D eigenvalue weighted by Crippen LogP contribution is -2.51. The fourth-order valence-electron chi connectivity index (χ4n) is 7.80. The van der Waals surface area contributed by atoms with Crippen LogP contribution in [0.4, 0.5) is 11.4 Å². The second-order valence-corrected chi connectivity index (χ2v) is 15.3. The first-order chi connectivity index (χ1) is 24.9. The normalized spacial score (nSPS) is 22.0. The molecule has 0 saturated carbocycles. The lowest BCUT2D eigenvalue weighted by Gasteiger charge is -2.41. The van der Waals surface area contributed by atoms with E-state index in [9.17, 15) is 14.4 Å². The third-order valence-electron chi connectivity index (χ3n) is 10.8. The van der Waals surface area contributed by atoms with Crippen molar-refractivity contribution < 1.29 is 14.4 Å². The van der Waals surface area contributed by atoms with Gasteiger partial charge in [0.1, 0.15) is 4.88 Å². The van der Waals surface area contributed by atoms with Crippen LogP contribution in [-0.2, 0) is 9.59 Å². The second-order valence-electron chi connectivity index (χ2n) is 14.2. The van der Waals surface area contributed by atoms with Gasteiger partial charge in [-0.15, -0.1) is 16.4 Å². The van der Waals surface area contributed by atoms with Gasteiger partial charge >= 0.3 is 0 Å². The van der Waals surface area contributed by atoms with E-state index < -0.39 is 0 Å². The van der Waals surface area contributed by atoms with Gasteiger partial charge in [-0.3, -0.25) is 24.6 Å². The highest BCUT2D eigenvalue weighted by Crippen LogP contribution is 2.41. The number of thiophene rings is 1. The molecule has 3 N–H and O–H groups in total. The summed E-state index contributed by atoms with van der Waals surface area (Å²) in [5.41, 5.74) is 4.90. The standard InChI is InChI=1S/C37H40N10O3S/c1-22-18-38-34-33-27-6-10-31(40-28(27)8-9-30(33)51-35(34)37(50)39-22)47-21-29(42-43-47)24-19-45(20-24)13-12-44-14-16-46(17-15-44)25-4-2-23(3-5-25)26-7-11-32(48)41-36(26)49/h2-6,8-10,21-22,24,26,38H,7,11-20H2,1H3,(H,39,50)(H,41,48,49)/t22-,26?/m1/s1. The molecule has 13 nitrogen and oxygen atoms in total. The molecular formula is C37H40N10O3S. The van der Waals surface area contributed by atoms with Crippen molar-refractivity contribution in [3.63, 3.8) is 0 Å². The number of anilines is 2. The molecule has 0 spiro atoms. The molecule has 3 aromatic heterocycles. The number of fused-ring (bicyclic) bond motifs is 5. The molecule has 3 fully saturated rings. The molecule has 14 heteroatoms. The second kappa shape index (κ2) is 13.0. The summed E-state index contributed by atoms with van der Waals surface area (Å²) >= 11 is 1.51. The van der Waals surface area contributed by atoms with E-state index in [0.29, 0.717) is 25.3 Å². The minimum atomic E-state index is -0.243. The molecule has 262 valence electrons. The maximum atomic E-state index is 12.8. The Labute approximate surface area is 299 Å². The van der Waals surface area contributed by atoms with Crippen molar-refractivity contribution in [3.8, 4) is 5.82 Å². The van der Waals surface area contributed by atoms with Crippen LogP contribution in [0.25, 0.3) is 26.8 Å². The van der Waals surface area contributed by atoms with Crippen molar-refractivity contribution in [1.82, 2.24) is 40.4 Å². The van der Waals surface area contributed by atoms with E-state index in [2.05, 4.69) is 59.2 Å². The molecule has 4 aliphatic heterocycles. The molecule has 3 saturated heterocycles. The summed E-state index contributed by atoms with van der Waals surface area (Å²) in [7, 11) is 0. The van der Waals surface area contributed by atoms with E-state index in [1.165, 1.54) is 17.0 Å². The number of nitrogens with one attached hydrogen (secondary N) is 3. The zero-order valence-corrected chi connectivity index (χ0v) is 29.3. The summed E-state index contributed by atoms with van der Waals surface area (Å²) in [6, 6.07) is 16.5. The summed E-state index contributed by atoms with van der Waals surface area (Å²) in [5.74, 6) is 0.445. The third-order valence-corrected chi connectivity index (χ3v) is 12.0. The number of carbonyl (C=O) groups is 3. The minimum Gasteiger partial charge on any atom is -0.381 e. The Kier molecular flexibility index (Phi) is 8.16. The van der Waals surface area contributed by atoms with Crippen molar-refractivity contribution >= 4 is 61.4 Å².